The van der Waals surface area contributed by atoms with Crippen LogP contribution < -0.4 is 4.90 Å². The molecule has 6 nitrogen and oxygen atoms in total. The summed E-state index contributed by atoms with van der Waals surface area (Å²) in [4.78, 5) is 9.05. The van der Waals surface area contributed by atoms with Crippen molar-refractivity contribution in [2.24, 2.45) is 0 Å². The number of benzene rings is 1. The number of nitrogens with zero attached hydrogens (tertiary/aromatic N) is 5. The van der Waals surface area contributed by atoms with Crippen molar-refractivity contribution in [3.8, 4) is 11.5 Å². The molecular formula is C18H18BrN5O. The van der Waals surface area contributed by atoms with E-state index in [-0.39, 0.29) is 0 Å². The van der Waals surface area contributed by atoms with Gasteiger partial charge < -0.3 is 9.32 Å². The highest BCUT2D eigenvalue weighted by atomic mass is 79.9. The average Bonchev–Trinajstić information content (AvgIpc) is 3.12. The van der Waals surface area contributed by atoms with Crippen LogP contribution in [0.5, 0.6) is 0 Å². The first-order valence-electron chi connectivity index (χ1n) is 8.24. The Hall–Kier alpha value is -2.25. The molecule has 0 atom stereocenters. The topological polar surface area (TPSA) is 58.3 Å². The lowest BCUT2D eigenvalue weighted by Gasteiger charge is -2.34. The second-order valence-electron chi connectivity index (χ2n) is 5.96. The van der Waals surface area contributed by atoms with Crippen LogP contribution in [0.1, 0.15) is 5.89 Å². The molecule has 0 N–H and O–H groups in total. The van der Waals surface area contributed by atoms with Crippen molar-refractivity contribution in [2.75, 3.05) is 31.1 Å². The van der Waals surface area contributed by atoms with Gasteiger partial charge in [0.05, 0.1) is 6.54 Å². The number of piperazine rings is 1. The summed E-state index contributed by atoms with van der Waals surface area (Å²) >= 11 is 3.46. The number of hydrogen-bond donors (Lipinski definition) is 0. The Morgan fingerprint density at radius 2 is 1.88 bits per heavy atom. The summed E-state index contributed by atoms with van der Waals surface area (Å²) in [6, 6.07) is 13.9. The molecule has 3 aromatic rings. The normalized spacial score (nSPS) is 15.5. The lowest BCUT2D eigenvalue weighted by atomic mass is 10.2. The average molecular weight is 400 g/mol. The van der Waals surface area contributed by atoms with Gasteiger partial charge in [-0.15, -0.1) is 10.2 Å². The fourth-order valence-corrected chi connectivity index (χ4v) is 3.32. The van der Waals surface area contributed by atoms with Gasteiger partial charge >= 0.3 is 0 Å². The van der Waals surface area contributed by atoms with Gasteiger partial charge in [-0.3, -0.25) is 4.90 Å². The Labute approximate surface area is 154 Å². The van der Waals surface area contributed by atoms with Crippen molar-refractivity contribution in [3.63, 3.8) is 0 Å². The van der Waals surface area contributed by atoms with Crippen molar-refractivity contribution < 1.29 is 4.42 Å². The minimum Gasteiger partial charge on any atom is -0.419 e. The maximum atomic E-state index is 5.83. The Morgan fingerprint density at radius 1 is 1.00 bits per heavy atom. The molecule has 1 aliphatic heterocycles. The monoisotopic (exact) mass is 399 g/mol. The Bertz CT molecular complexity index is 830. The number of pyridine rings is 1. The van der Waals surface area contributed by atoms with Crippen LogP contribution in [-0.2, 0) is 6.54 Å². The number of hydrogen-bond acceptors (Lipinski definition) is 6. The Kier molecular flexibility index (Phi) is 4.76. The zero-order valence-corrected chi connectivity index (χ0v) is 15.3. The third-order valence-corrected chi connectivity index (χ3v) is 4.74. The van der Waals surface area contributed by atoms with Gasteiger partial charge in [0.2, 0.25) is 11.8 Å². The predicted molar refractivity (Wildman–Crippen MR) is 99.2 cm³/mol. The summed E-state index contributed by atoms with van der Waals surface area (Å²) in [5.74, 6) is 2.25. The molecule has 1 saturated heterocycles. The smallest absolute Gasteiger partial charge is 0.247 e. The molecule has 25 heavy (non-hydrogen) atoms. The highest BCUT2D eigenvalue weighted by Crippen LogP contribution is 2.22. The Balaban J connectivity index is 1.36. The van der Waals surface area contributed by atoms with Gasteiger partial charge in [0.25, 0.3) is 0 Å². The Morgan fingerprint density at radius 3 is 2.64 bits per heavy atom. The van der Waals surface area contributed by atoms with Crippen molar-refractivity contribution in [1.29, 1.82) is 0 Å². The second kappa shape index (κ2) is 7.33. The first-order valence-corrected chi connectivity index (χ1v) is 9.04. The summed E-state index contributed by atoms with van der Waals surface area (Å²) in [5.41, 5.74) is 0.924. The molecule has 2 aromatic heterocycles. The highest BCUT2D eigenvalue weighted by Gasteiger charge is 2.20. The van der Waals surface area contributed by atoms with E-state index in [9.17, 15) is 0 Å². The van der Waals surface area contributed by atoms with Gasteiger partial charge in [0.1, 0.15) is 5.82 Å². The van der Waals surface area contributed by atoms with E-state index in [0.29, 0.717) is 18.3 Å². The van der Waals surface area contributed by atoms with Crippen LogP contribution >= 0.6 is 15.9 Å². The molecule has 0 unspecified atom stereocenters. The SMILES string of the molecule is Brc1cccc(-c2nnc(CN3CCN(c4ccccn4)CC3)o2)c1. The molecule has 0 spiro atoms. The number of aromatic nitrogens is 3. The summed E-state index contributed by atoms with van der Waals surface area (Å²) in [7, 11) is 0. The molecule has 0 radical (unpaired) electrons. The maximum Gasteiger partial charge on any atom is 0.247 e. The van der Waals surface area contributed by atoms with Crippen molar-refractivity contribution in [2.45, 2.75) is 6.54 Å². The lowest BCUT2D eigenvalue weighted by molar-refractivity contribution is 0.226. The zero-order chi connectivity index (χ0) is 17.1. The van der Waals surface area contributed by atoms with Crippen molar-refractivity contribution in [1.82, 2.24) is 20.1 Å². The first kappa shape index (κ1) is 16.2. The molecule has 4 rings (SSSR count). The second-order valence-corrected chi connectivity index (χ2v) is 6.88. The molecule has 1 aliphatic rings. The largest absolute Gasteiger partial charge is 0.419 e. The van der Waals surface area contributed by atoms with Crippen LogP contribution in [0.2, 0.25) is 0 Å². The minimum atomic E-state index is 0.559. The molecule has 0 amide bonds. The van der Waals surface area contributed by atoms with Crippen molar-refractivity contribution >= 4 is 21.7 Å². The number of halogens is 1. The number of anilines is 1. The predicted octanol–water partition coefficient (Wildman–Crippen LogP) is 3.22. The van der Waals surface area contributed by atoms with E-state index in [1.54, 1.807) is 0 Å². The highest BCUT2D eigenvalue weighted by molar-refractivity contribution is 9.10. The van der Waals surface area contributed by atoms with Crippen LogP contribution in [0, 0.1) is 0 Å². The van der Waals surface area contributed by atoms with Crippen molar-refractivity contribution in [3.05, 3.63) is 59.0 Å². The fourth-order valence-electron chi connectivity index (χ4n) is 2.92. The molecule has 0 aliphatic carbocycles. The molecule has 1 aromatic carbocycles. The molecular weight excluding hydrogens is 382 g/mol. The molecule has 7 heteroatoms. The third-order valence-electron chi connectivity index (χ3n) is 4.24. The minimum absolute atomic E-state index is 0.559. The molecule has 0 bridgehead atoms. The molecule has 128 valence electrons. The summed E-state index contributed by atoms with van der Waals surface area (Å²) in [6.45, 7) is 4.47. The van der Waals surface area contributed by atoms with Gasteiger partial charge in [-0.2, -0.15) is 0 Å². The van der Waals surface area contributed by atoms with Gasteiger partial charge in [0.15, 0.2) is 0 Å². The van der Waals surface area contributed by atoms with Gasteiger partial charge in [-0.25, -0.2) is 4.98 Å². The van der Waals surface area contributed by atoms with Crippen LogP contribution in [-0.4, -0.2) is 46.3 Å². The van der Waals surface area contributed by atoms with Crippen LogP contribution in [0.4, 0.5) is 5.82 Å². The van der Waals surface area contributed by atoms with Gasteiger partial charge in [-0.05, 0) is 30.3 Å². The maximum absolute atomic E-state index is 5.83. The fraction of sp³-hybridized carbons (Fsp3) is 0.278. The van der Waals surface area contributed by atoms with E-state index in [0.717, 1.165) is 42.0 Å². The van der Waals surface area contributed by atoms with Gasteiger partial charge in [0, 0.05) is 42.4 Å². The van der Waals surface area contributed by atoms with E-state index in [2.05, 4.69) is 47.0 Å². The molecule has 1 fully saturated rings. The van der Waals surface area contributed by atoms with Crippen LogP contribution in [0.3, 0.4) is 0 Å². The van der Waals surface area contributed by atoms with Crippen LogP contribution in [0.15, 0.2) is 57.6 Å². The van der Waals surface area contributed by atoms with E-state index in [4.69, 9.17) is 4.42 Å². The van der Waals surface area contributed by atoms with E-state index in [1.165, 1.54) is 0 Å². The standard InChI is InChI=1S/C18H18BrN5O/c19-15-5-3-4-14(12-15)18-22-21-17(25-18)13-23-8-10-24(11-9-23)16-6-1-2-7-20-16/h1-7,12H,8-11,13H2. The van der Waals surface area contributed by atoms with E-state index < -0.39 is 0 Å². The van der Waals surface area contributed by atoms with Gasteiger partial charge in [-0.1, -0.05) is 28.1 Å². The van der Waals surface area contributed by atoms with Crippen LogP contribution in [0.25, 0.3) is 11.5 Å². The zero-order valence-electron chi connectivity index (χ0n) is 13.7. The van der Waals surface area contributed by atoms with E-state index in [1.807, 2.05) is 42.6 Å². The third kappa shape index (κ3) is 3.88. The summed E-state index contributed by atoms with van der Waals surface area (Å²) < 4.78 is 6.82. The number of rotatable bonds is 4. The lowest BCUT2D eigenvalue weighted by Crippen LogP contribution is -2.46. The summed E-state index contributed by atoms with van der Waals surface area (Å²) in [6.07, 6.45) is 1.84. The first-order chi connectivity index (χ1) is 12.3. The molecule has 0 saturated carbocycles. The molecule has 3 heterocycles. The van der Waals surface area contributed by atoms with E-state index >= 15 is 0 Å². The quantitative estimate of drug-likeness (QED) is 0.671. The summed E-state index contributed by atoms with van der Waals surface area (Å²) in [5, 5.41) is 8.36.